The highest BCUT2D eigenvalue weighted by molar-refractivity contribution is 5.73. The first-order valence-electron chi connectivity index (χ1n) is 7.85. The molecule has 1 atom stereocenters. The fourth-order valence-electron chi connectivity index (χ4n) is 2.39. The number of urea groups is 1. The third kappa shape index (κ3) is 6.70. The van der Waals surface area contributed by atoms with E-state index in [2.05, 4.69) is 15.4 Å². The Bertz CT molecular complexity index is 536. The van der Waals surface area contributed by atoms with Crippen molar-refractivity contribution in [3.8, 4) is 5.75 Å². The van der Waals surface area contributed by atoms with Gasteiger partial charge < -0.3 is 20.5 Å². The van der Waals surface area contributed by atoms with Gasteiger partial charge in [0.1, 0.15) is 5.75 Å². The van der Waals surface area contributed by atoms with Gasteiger partial charge in [-0.25, -0.2) is 4.79 Å². The Kier molecular flexibility index (Phi) is 7.41. The van der Waals surface area contributed by atoms with E-state index in [0.29, 0.717) is 12.1 Å². The summed E-state index contributed by atoms with van der Waals surface area (Å²) in [6.45, 7) is 5.20. The van der Waals surface area contributed by atoms with E-state index in [0.717, 1.165) is 0 Å². The largest absolute Gasteiger partial charge is 0.435 e. The van der Waals surface area contributed by atoms with Gasteiger partial charge in [0.05, 0.1) is 6.10 Å². The molecule has 0 radical (unpaired) electrons. The Morgan fingerprint density at radius 3 is 2.54 bits per heavy atom. The summed E-state index contributed by atoms with van der Waals surface area (Å²) in [6.07, 6.45) is -0.541. The summed E-state index contributed by atoms with van der Waals surface area (Å²) < 4.78 is 28.7. The van der Waals surface area contributed by atoms with Gasteiger partial charge in [0.2, 0.25) is 0 Å². The van der Waals surface area contributed by atoms with Crippen molar-refractivity contribution >= 4 is 6.03 Å². The molecule has 1 rings (SSSR count). The minimum atomic E-state index is -2.88. The standard InChI is InChI=1S/C17H26F2N2O3/c1-11(2)14(22)17(3,4)10-21-16(23)20-9-12-6-5-7-13(8-12)24-15(18)19/h5-8,11,14-15,22H,9-10H2,1-4H3,(H2,20,21,23). The van der Waals surface area contributed by atoms with E-state index in [1.807, 2.05) is 27.7 Å². The lowest BCUT2D eigenvalue weighted by Gasteiger charge is -2.33. The average Bonchev–Trinajstić information content (AvgIpc) is 2.50. The van der Waals surface area contributed by atoms with Gasteiger partial charge in [-0.3, -0.25) is 0 Å². The van der Waals surface area contributed by atoms with Crippen molar-refractivity contribution in [2.45, 2.75) is 47.0 Å². The number of hydrogen-bond donors (Lipinski definition) is 3. The van der Waals surface area contributed by atoms with Crippen LogP contribution in [0.3, 0.4) is 0 Å². The lowest BCUT2D eigenvalue weighted by atomic mass is 9.81. The highest BCUT2D eigenvalue weighted by Gasteiger charge is 2.30. The Labute approximate surface area is 141 Å². The highest BCUT2D eigenvalue weighted by Crippen LogP contribution is 2.25. The Balaban J connectivity index is 2.46. The number of nitrogens with one attached hydrogen (secondary N) is 2. The molecule has 7 heteroatoms. The number of alkyl halides is 2. The molecule has 0 spiro atoms. The molecule has 0 aliphatic rings. The van der Waals surface area contributed by atoms with Gasteiger partial charge in [-0.05, 0) is 23.6 Å². The number of aliphatic hydroxyl groups excluding tert-OH is 1. The Hall–Kier alpha value is -1.89. The first-order valence-corrected chi connectivity index (χ1v) is 7.85. The van der Waals surface area contributed by atoms with Crippen LogP contribution in [-0.2, 0) is 6.54 Å². The Morgan fingerprint density at radius 2 is 1.96 bits per heavy atom. The monoisotopic (exact) mass is 344 g/mol. The number of aliphatic hydroxyl groups is 1. The molecule has 0 fully saturated rings. The zero-order valence-electron chi connectivity index (χ0n) is 14.5. The van der Waals surface area contributed by atoms with E-state index in [1.165, 1.54) is 12.1 Å². The summed E-state index contributed by atoms with van der Waals surface area (Å²) in [5.74, 6) is 0.133. The zero-order valence-corrected chi connectivity index (χ0v) is 14.5. The van der Waals surface area contributed by atoms with Crippen LogP contribution in [0.5, 0.6) is 5.75 Å². The quantitative estimate of drug-likeness (QED) is 0.678. The molecule has 0 saturated heterocycles. The predicted molar refractivity (Wildman–Crippen MR) is 87.9 cm³/mol. The van der Waals surface area contributed by atoms with Crippen molar-refractivity contribution in [2.24, 2.45) is 11.3 Å². The third-order valence-electron chi connectivity index (χ3n) is 3.71. The first kappa shape index (κ1) is 20.2. The molecule has 5 nitrogen and oxygen atoms in total. The number of benzene rings is 1. The van der Waals surface area contributed by atoms with Crippen molar-refractivity contribution in [1.29, 1.82) is 0 Å². The summed E-state index contributed by atoms with van der Waals surface area (Å²) >= 11 is 0. The molecular formula is C17H26F2N2O3. The number of hydrogen-bond acceptors (Lipinski definition) is 3. The Morgan fingerprint density at radius 1 is 1.29 bits per heavy atom. The van der Waals surface area contributed by atoms with Gasteiger partial charge in [0.15, 0.2) is 0 Å². The second-order valence-corrected chi connectivity index (χ2v) is 6.74. The van der Waals surface area contributed by atoms with Crippen molar-refractivity contribution in [3.05, 3.63) is 29.8 Å². The van der Waals surface area contributed by atoms with Crippen LogP contribution in [0.2, 0.25) is 0 Å². The van der Waals surface area contributed by atoms with Crippen LogP contribution in [-0.4, -0.2) is 30.4 Å². The third-order valence-corrected chi connectivity index (χ3v) is 3.71. The van der Waals surface area contributed by atoms with E-state index in [1.54, 1.807) is 12.1 Å². The maximum Gasteiger partial charge on any atom is 0.387 e. The van der Waals surface area contributed by atoms with Gasteiger partial charge in [0, 0.05) is 18.5 Å². The van der Waals surface area contributed by atoms with Crippen LogP contribution in [0, 0.1) is 11.3 Å². The number of halogens is 2. The zero-order chi connectivity index (χ0) is 18.3. The summed E-state index contributed by atoms with van der Waals surface area (Å²) in [7, 11) is 0. The van der Waals surface area contributed by atoms with Gasteiger partial charge in [-0.15, -0.1) is 0 Å². The molecule has 0 aliphatic carbocycles. The number of ether oxygens (including phenoxy) is 1. The number of rotatable bonds is 8. The van der Waals surface area contributed by atoms with Crippen molar-refractivity contribution in [3.63, 3.8) is 0 Å². The molecule has 0 saturated carbocycles. The van der Waals surface area contributed by atoms with Crippen LogP contribution in [0.4, 0.5) is 13.6 Å². The SMILES string of the molecule is CC(C)C(O)C(C)(C)CNC(=O)NCc1cccc(OC(F)F)c1. The van der Waals surface area contributed by atoms with Gasteiger partial charge in [-0.2, -0.15) is 8.78 Å². The van der Waals surface area contributed by atoms with Crippen LogP contribution in [0.1, 0.15) is 33.3 Å². The van der Waals surface area contributed by atoms with Gasteiger partial charge in [-0.1, -0.05) is 39.8 Å². The maximum atomic E-state index is 12.2. The molecule has 1 aromatic rings. The number of carbonyl (C=O) groups is 1. The molecule has 24 heavy (non-hydrogen) atoms. The van der Waals surface area contributed by atoms with Crippen LogP contribution in [0.15, 0.2) is 24.3 Å². The minimum absolute atomic E-state index is 0.0471. The van der Waals surface area contributed by atoms with Crippen LogP contribution < -0.4 is 15.4 Å². The van der Waals surface area contributed by atoms with Crippen LogP contribution >= 0.6 is 0 Å². The lowest BCUT2D eigenvalue weighted by molar-refractivity contribution is -0.0498. The molecule has 0 aromatic heterocycles. The smallest absolute Gasteiger partial charge is 0.387 e. The topological polar surface area (TPSA) is 70.6 Å². The molecule has 2 amide bonds. The normalized spacial score (nSPS) is 13.0. The second-order valence-electron chi connectivity index (χ2n) is 6.74. The fraction of sp³-hybridized carbons (Fsp3) is 0.588. The molecular weight excluding hydrogens is 318 g/mol. The summed E-state index contributed by atoms with van der Waals surface area (Å²) in [5, 5.41) is 15.5. The van der Waals surface area contributed by atoms with Gasteiger partial charge >= 0.3 is 12.6 Å². The molecule has 0 heterocycles. The summed E-state index contributed by atoms with van der Waals surface area (Å²) in [4.78, 5) is 11.9. The molecule has 1 unspecified atom stereocenters. The maximum absolute atomic E-state index is 12.2. The highest BCUT2D eigenvalue weighted by atomic mass is 19.3. The minimum Gasteiger partial charge on any atom is -0.435 e. The van der Waals surface area contributed by atoms with E-state index in [-0.39, 0.29) is 24.2 Å². The summed E-state index contributed by atoms with van der Waals surface area (Å²) in [5.41, 5.74) is 0.182. The predicted octanol–water partition coefficient (Wildman–Crippen LogP) is 3.13. The fourth-order valence-corrected chi connectivity index (χ4v) is 2.39. The molecule has 136 valence electrons. The summed E-state index contributed by atoms with van der Waals surface area (Å²) in [6, 6.07) is 5.75. The van der Waals surface area contributed by atoms with E-state index >= 15 is 0 Å². The van der Waals surface area contributed by atoms with E-state index in [9.17, 15) is 18.7 Å². The van der Waals surface area contributed by atoms with Crippen molar-refractivity contribution < 1.29 is 23.4 Å². The molecule has 0 aliphatic heterocycles. The average molecular weight is 344 g/mol. The second kappa shape index (κ2) is 8.82. The molecule has 0 bridgehead atoms. The first-order chi connectivity index (χ1) is 11.1. The lowest BCUT2D eigenvalue weighted by Crippen LogP contribution is -2.46. The number of amides is 2. The van der Waals surface area contributed by atoms with E-state index in [4.69, 9.17) is 0 Å². The molecule has 1 aromatic carbocycles. The van der Waals surface area contributed by atoms with Crippen LogP contribution in [0.25, 0.3) is 0 Å². The number of carbonyl (C=O) groups excluding carboxylic acids is 1. The van der Waals surface area contributed by atoms with Gasteiger partial charge in [0.25, 0.3) is 0 Å². The van der Waals surface area contributed by atoms with Crippen molar-refractivity contribution in [1.82, 2.24) is 10.6 Å². The molecule has 3 N–H and O–H groups in total. The van der Waals surface area contributed by atoms with E-state index < -0.39 is 18.1 Å². The van der Waals surface area contributed by atoms with Crippen molar-refractivity contribution in [2.75, 3.05) is 6.54 Å².